The summed E-state index contributed by atoms with van der Waals surface area (Å²) in [5.74, 6) is 1.54. The number of nitrogens with two attached hydrogens (primary N) is 1. The van der Waals surface area contributed by atoms with Crippen LogP contribution in [0.15, 0.2) is 23.0 Å². The molecule has 3 N–H and O–H groups in total. The predicted octanol–water partition coefficient (Wildman–Crippen LogP) is 2.31. The van der Waals surface area contributed by atoms with E-state index in [4.69, 9.17) is 5.73 Å². The van der Waals surface area contributed by atoms with Gasteiger partial charge in [-0.2, -0.15) is 16.4 Å². The number of aromatic amines is 1. The van der Waals surface area contributed by atoms with Crippen molar-refractivity contribution in [2.45, 2.75) is 25.4 Å². The largest absolute Gasteiger partial charge is 0.327 e. The van der Waals surface area contributed by atoms with Gasteiger partial charge in [0, 0.05) is 42.2 Å². The number of fused-ring (bicyclic) bond motifs is 1. The molecule has 3 atom stereocenters. The van der Waals surface area contributed by atoms with Crippen molar-refractivity contribution in [1.82, 2.24) is 15.1 Å². The van der Waals surface area contributed by atoms with Crippen LogP contribution < -0.4 is 5.73 Å². The average Bonchev–Trinajstić information content (AvgIpc) is 3.17. The van der Waals surface area contributed by atoms with E-state index in [9.17, 15) is 0 Å². The van der Waals surface area contributed by atoms with Crippen LogP contribution in [0.5, 0.6) is 0 Å². The van der Waals surface area contributed by atoms with Crippen LogP contribution in [0, 0.1) is 11.8 Å². The van der Waals surface area contributed by atoms with Crippen molar-refractivity contribution in [3.05, 3.63) is 28.6 Å². The van der Waals surface area contributed by atoms with E-state index >= 15 is 0 Å². The Balaban J connectivity index is 1.50. The van der Waals surface area contributed by atoms with Crippen LogP contribution in [0.25, 0.3) is 11.3 Å². The summed E-state index contributed by atoms with van der Waals surface area (Å²) in [6.07, 6.45) is 4.50. The number of hydrogen-bond donors (Lipinski definition) is 2. The van der Waals surface area contributed by atoms with Gasteiger partial charge >= 0.3 is 0 Å². The molecule has 1 aliphatic heterocycles. The zero-order valence-electron chi connectivity index (χ0n) is 11.5. The van der Waals surface area contributed by atoms with Crippen LogP contribution in [-0.4, -0.2) is 34.2 Å². The van der Waals surface area contributed by atoms with E-state index in [2.05, 4.69) is 31.9 Å². The zero-order chi connectivity index (χ0) is 13.5. The summed E-state index contributed by atoms with van der Waals surface area (Å²) in [4.78, 5) is 2.55. The number of likely N-dealkylation sites (tertiary alicyclic amines) is 1. The molecule has 2 aromatic rings. The van der Waals surface area contributed by atoms with Gasteiger partial charge in [0.15, 0.2) is 0 Å². The van der Waals surface area contributed by atoms with Crippen LogP contribution >= 0.6 is 11.3 Å². The first-order chi connectivity index (χ1) is 9.81. The molecule has 2 fully saturated rings. The van der Waals surface area contributed by atoms with Crippen molar-refractivity contribution in [1.29, 1.82) is 0 Å². The minimum absolute atomic E-state index is 0.422. The zero-order valence-corrected chi connectivity index (χ0v) is 12.3. The fraction of sp³-hybridized carbons (Fsp3) is 0.533. The Bertz CT molecular complexity index is 576. The molecular formula is C15H20N4S. The number of nitrogens with one attached hydrogen (secondary N) is 1. The summed E-state index contributed by atoms with van der Waals surface area (Å²) in [5.41, 5.74) is 9.94. The highest BCUT2D eigenvalue weighted by Crippen LogP contribution is 2.38. The molecule has 5 heteroatoms. The minimum atomic E-state index is 0.422. The van der Waals surface area contributed by atoms with E-state index in [1.165, 1.54) is 36.2 Å². The number of rotatable bonds is 3. The Labute approximate surface area is 123 Å². The van der Waals surface area contributed by atoms with Crippen molar-refractivity contribution in [2.24, 2.45) is 17.6 Å². The van der Waals surface area contributed by atoms with E-state index in [1.807, 2.05) is 6.20 Å². The third kappa shape index (κ3) is 2.10. The molecule has 0 aromatic carbocycles. The lowest BCUT2D eigenvalue weighted by Gasteiger charge is -2.18. The first-order valence-electron chi connectivity index (χ1n) is 7.34. The lowest BCUT2D eigenvalue weighted by molar-refractivity contribution is 0.298. The minimum Gasteiger partial charge on any atom is -0.327 e. The van der Waals surface area contributed by atoms with Gasteiger partial charge in [-0.05, 0) is 36.1 Å². The molecule has 4 rings (SSSR count). The number of aromatic nitrogens is 2. The Hall–Kier alpha value is -1.17. The number of nitrogens with zero attached hydrogens (tertiary/aromatic N) is 2. The lowest BCUT2D eigenvalue weighted by Crippen LogP contribution is -2.30. The van der Waals surface area contributed by atoms with Gasteiger partial charge in [-0.1, -0.05) is 0 Å². The van der Waals surface area contributed by atoms with Gasteiger partial charge in [0.25, 0.3) is 0 Å². The summed E-state index contributed by atoms with van der Waals surface area (Å²) in [7, 11) is 0. The summed E-state index contributed by atoms with van der Waals surface area (Å²) < 4.78 is 0. The van der Waals surface area contributed by atoms with Crippen molar-refractivity contribution in [3.8, 4) is 11.3 Å². The molecule has 3 unspecified atom stereocenters. The predicted molar refractivity (Wildman–Crippen MR) is 81.4 cm³/mol. The van der Waals surface area contributed by atoms with Gasteiger partial charge in [-0.3, -0.25) is 10.00 Å². The summed E-state index contributed by atoms with van der Waals surface area (Å²) in [6.45, 7) is 3.34. The molecule has 0 amide bonds. The molecule has 20 heavy (non-hydrogen) atoms. The molecule has 106 valence electrons. The Morgan fingerprint density at radius 1 is 1.40 bits per heavy atom. The maximum absolute atomic E-state index is 6.22. The summed E-state index contributed by atoms with van der Waals surface area (Å²) in [5, 5.41) is 11.7. The molecule has 4 nitrogen and oxygen atoms in total. The molecular weight excluding hydrogens is 268 g/mol. The fourth-order valence-electron chi connectivity index (χ4n) is 3.86. The van der Waals surface area contributed by atoms with Crippen LogP contribution in [-0.2, 0) is 6.54 Å². The summed E-state index contributed by atoms with van der Waals surface area (Å²) in [6, 6.07) is 2.57. The normalized spacial score (nSPS) is 29.9. The number of H-pyrrole nitrogens is 1. The van der Waals surface area contributed by atoms with E-state index in [-0.39, 0.29) is 0 Å². The molecule has 1 aliphatic carbocycles. The third-order valence-corrected chi connectivity index (χ3v) is 5.59. The van der Waals surface area contributed by atoms with Gasteiger partial charge in [-0.15, -0.1) is 0 Å². The topological polar surface area (TPSA) is 57.9 Å². The van der Waals surface area contributed by atoms with Gasteiger partial charge in [-0.25, -0.2) is 0 Å². The van der Waals surface area contributed by atoms with Crippen LogP contribution in [0.3, 0.4) is 0 Å². The Morgan fingerprint density at radius 2 is 2.35 bits per heavy atom. The van der Waals surface area contributed by atoms with Crippen molar-refractivity contribution in [3.63, 3.8) is 0 Å². The Morgan fingerprint density at radius 3 is 3.15 bits per heavy atom. The highest BCUT2D eigenvalue weighted by atomic mass is 32.1. The van der Waals surface area contributed by atoms with Crippen LogP contribution in [0.4, 0.5) is 0 Å². The van der Waals surface area contributed by atoms with Gasteiger partial charge in [0.2, 0.25) is 0 Å². The summed E-state index contributed by atoms with van der Waals surface area (Å²) >= 11 is 1.73. The monoisotopic (exact) mass is 288 g/mol. The van der Waals surface area contributed by atoms with E-state index < -0.39 is 0 Å². The highest BCUT2D eigenvalue weighted by molar-refractivity contribution is 7.08. The number of thiophene rings is 1. The number of hydrogen-bond acceptors (Lipinski definition) is 4. The van der Waals surface area contributed by atoms with E-state index in [0.717, 1.165) is 19.0 Å². The van der Waals surface area contributed by atoms with Crippen LogP contribution in [0.1, 0.15) is 18.4 Å². The second-order valence-corrected chi connectivity index (χ2v) is 6.92. The fourth-order valence-corrected chi connectivity index (χ4v) is 4.50. The average molecular weight is 288 g/mol. The van der Waals surface area contributed by atoms with Crippen molar-refractivity contribution >= 4 is 11.3 Å². The second-order valence-electron chi connectivity index (χ2n) is 6.14. The van der Waals surface area contributed by atoms with Gasteiger partial charge in [0.05, 0.1) is 11.9 Å². The first kappa shape index (κ1) is 12.6. The maximum atomic E-state index is 6.22. The molecule has 0 spiro atoms. The van der Waals surface area contributed by atoms with Gasteiger partial charge in [0.1, 0.15) is 0 Å². The van der Waals surface area contributed by atoms with Crippen molar-refractivity contribution in [2.75, 3.05) is 13.1 Å². The lowest BCUT2D eigenvalue weighted by atomic mass is 9.98. The maximum Gasteiger partial charge on any atom is 0.0703 e. The molecule has 1 saturated carbocycles. The molecule has 3 heterocycles. The third-order valence-electron chi connectivity index (χ3n) is 4.91. The molecule has 1 saturated heterocycles. The molecule has 2 aromatic heterocycles. The van der Waals surface area contributed by atoms with Gasteiger partial charge < -0.3 is 5.73 Å². The molecule has 2 aliphatic rings. The first-order valence-corrected chi connectivity index (χ1v) is 8.28. The quantitative estimate of drug-likeness (QED) is 0.911. The standard InChI is InChI=1S/C15H20N4S/c16-14-2-1-10-6-19(8-13(10)14)7-12-5-17-18-15(12)11-3-4-20-9-11/h3-5,9-10,13-14H,1-2,6-8,16H2,(H,17,18). The highest BCUT2D eigenvalue weighted by Gasteiger charge is 2.40. The molecule has 0 bridgehead atoms. The van der Waals surface area contributed by atoms with Crippen molar-refractivity contribution < 1.29 is 0 Å². The van der Waals surface area contributed by atoms with Crippen LogP contribution in [0.2, 0.25) is 0 Å². The molecule has 0 radical (unpaired) electrons. The smallest absolute Gasteiger partial charge is 0.0703 e. The Kier molecular flexibility index (Phi) is 3.13. The van der Waals surface area contributed by atoms with E-state index in [1.54, 1.807) is 11.3 Å². The SMILES string of the molecule is NC1CCC2CN(Cc3cn[nH]c3-c3ccsc3)CC12. The second kappa shape index (κ2) is 4.98. The van der Waals surface area contributed by atoms with E-state index in [0.29, 0.717) is 12.0 Å².